The molecule has 0 saturated carbocycles. The predicted molar refractivity (Wildman–Crippen MR) is 196 cm³/mol. The number of carbonyl (C=O) groups is 5. The molecule has 11 nitrogen and oxygen atoms in total. The number of rotatable bonds is 18. The third kappa shape index (κ3) is 12.1. The highest BCUT2D eigenvalue weighted by molar-refractivity contribution is 5.98. The lowest BCUT2D eigenvalue weighted by atomic mass is 9.95. The second kappa shape index (κ2) is 19.4. The number of hydrogen-bond donors (Lipinski definition) is 6. The standard InChI is InChI=1S/C40H52N4O7/c1-7-26(6)36(39(49)44-35(25(4)5)40(50)51)42-33(46)23-32(45)31(21-27-15-10-8-11-16-27)41-38(48)34(24(2)3)43-37(47)30-20-14-19-29(22-30)28-17-12-9-13-18-28/h8-20,22,24-26,31-32,34-36,45H,7,21,23H2,1-6H3,(H,41,48)(H,42,46)(H,43,47)(H,44,49)(H,50,51)/t26-,31?,32?,34-,35-,36-/m0/s1. The van der Waals surface area contributed by atoms with Crippen molar-refractivity contribution in [3.63, 3.8) is 0 Å². The van der Waals surface area contributed by atoms with E-state index >= 15 is 0 Å². The van der Waals surface area contributed by atoms with Crippen LogP contribution in [0.25, 0.3) is 11.1 Å². The lowest BCUT2D eigenvalue weighted by molar-refractivity contribution is -0.143. The van der Waals surface area contributed by atoms with Crippen molar-refractivity contribution in [2.75, 3.05) is 0 Å². The maximum absolute atomic E-state index is 13.8. The van der Waals surface area contributed by atoms with Gasteiger partial charge in [0.15, 0.2) is 0 Å². The minimum absolute atomic E-state index is 0.183. The Morgan fingerprint density at radius 3 is 1.78 bits per heavy atom. The summed E-state index contributed by atoms with van der Waals surface area (Å²) in [7, 11) is 0. The van der Waals surface area contributed by atoms with Crippen molar-refractivity contribution < 1.29 is 34.2 Å². The zero-order chi connectivity index (χ0) is 37.7. The van der Waals surface area contributed by atoms with Crippen LogP contribution in [-0.4, -0.2) is 70.1 Å². The second-order valence-electron chi connectivity index (χ2n) is 13.7. The van der Waals surface area contributed by atoms with E-state index in [0.717, 1.165) is 16.7 Å². The number of hydrogen-bond acceptors (Lipinski definition) is 6. The summed E-state index contributed by atoms with van der Waals surface area (Å²) < 4.78 is 0. The van der Waals surface area contributed by atoms with Gasteiger partial charge in [-0.1, -0.05) is 121 Å². The van der Waals surface area contributed by atoms with Crippen LogP contribution in [0.5, 0.6) is 0 Å². The zero-order valence-electron chi connectivity index (χ0n) is 30.3. The molecule has 0 fully saturated rings. The van der Waals surface area contributed by atoms with Crippen LogP contribution in [-0.2, 0) is 25.6 Å². The third-order valence-corrected chi connectivity index (χ3v) is 9.00. The van der Waals surface area contributed by atoms with Gasteiger partial charge in [-0.3, -0.25) is 19.2 Å². The highest BCUT2D eigenvalue weighted by atomic mass is 16.4. The molecule has 51 heavy (non-hydrogen) atoms. The predicted octanol–water partition coefficient (Wildman–Crippen LogP) is 4.34. The Morgan fingerprint density at radius 2 is 1.22 bits per heavy atom. The number of carboxylic acids is 1. The first-order chi connectivity index (χ1) is 24.2. The number of amides is 4. The lowest BCUT2D eigenvalue weighted by Crippen LogP contribution is -2.57. The van der Waals surface area contributed by atoms with Gasteiger partial charge in [0.1, 0.15) is 18.1 Å². The Kier molecular flexibility index (Phi) is 15.4. The van der Waals surface area contributed by atoms with Crippen molar-refractivity contribution in [2.24, 2.45) is 17.8 Å². The molecule has 0 bridgehead atoms. The Morgan fingerprint density at radius 1 is 0.647 bits per heavy atom. The molecule has 6 atom stereocenters. The Balaban J connectivity index is 1.78. The summed E-state index contributed by atoms with van der Waals surface area (Å²) in [4.78, 5) is 65.4. The smallest absolute Gasteiger partial charge is 0.326 e. The fourth-order valence-corrected chi connectivity index (χ4v) is 5.68. The fourth-order valence-electron chi connectivity index (χ4n) is 5.68. The van der Waals surface area contributed by atoms with Crippen molar-refractivity contribution in [1.29, 1.82) is 0 Å². The first-order valence-corrected chi connectivity index (χ1v) is 17.5. The van der Waals surface area contributed by atoms with Crippen LogP contribution in [0, 0.1) is 17.8 Å². The van der Waals surface area contributed by atoms with Gasteiger partial charge in [0.25, 0.3) is 5.91 Å². The van der Waals surface area contributed by atoms with Crippen LogP contribution >= 0.6 is 0 Å². The summed E-state index contributed by atoms with van der Waals surface area (Å²) in [6.07, 6.45) is -1.12. The first kappa shape index (κ1) is 40.4. The minimum Gasteiger partial charge on any atom is -0.480 e. The molecule has 4 amide bonds. The molecule has 0 aromatic heterocycles. The SMILES string of the molecule is CC[C@H](C)[C@H](NC(=O)CC(O)C(Cc1ccccc1)NC(=O)[C@@H](NC(=O)c1cccc(-c2ccccc2)c1)C(C)C)C(=O)N[C@H](C(=O)O)C(C)C. The average Bonchev–Trinajstić information content (AvgIpc) is 3.11. The van der Waals surface area contributed by atoms with Crippen molar-refractivity contribution in [3.8, 4) is 11.1 Å². The van der Waals surface area contributed by atoms with Gasteiger partial charge >= 0.3 is 5.97 Å². The van der Waals surface area contributed by atoms with Gasteiger partial charge in [0, 0.05) is 5.56 Å². The van der Waals surface area contributed by atoms with E-state index in [9.17, 15) is 34.2 Å². The van der Waals surface area contributed by atoms with Crippen molar-refractivity contribution in [2.45, 2.75) is 91.1 Å². The summed E-state index contributed by atoms with van der Waals surface area (Å²) in [5.74, 6) is -4.45. The number of carbonyl (C=O) groups excluding carboxylic acids is 4. The van der Waals surface area contributed by atoms with Gasteiger partial charge in [0.05, 0.1) is 18.6 Å². The molecule has 6 N–H and O–H groups in total. The molecule has 11 heteroatoms. The number of benzene rings is 3. The van der Waals surface area contributed by atoms with Crippen molar-refractivity contribution in [1.82, 2.24) is 21.3 Å². The molecule has 0 aliphatic rings. The quantitative estimate of drug-likeness (QED) is 0.115. The molecular weight excluding hydrogens is 648 g/mol. The van der Waals surface area contributed by atoms with Gasteiger partial charge in [-0.2, -0.15) is 0 Å². The van der Waals surface area contributed by atoms with E-state index in [1.165, 1.54) is 0 Å². The molecule has 274 valence electrons. The monoisotopic (exact) mass is 700 g/mol. The Labute approximate surface area is 300 Å². The number of carboxylic acid groups (broad SMARTS) is 1. The Bertz CT molecular complexity index is 1610. The molecular formula is C40H52N4O7. The summed E-state index contributed by atoms with van der Waals surface area (Å²) in [6, 6.07) is 21.8. The molecule has 0 aliphatic heterocycles. The topological polar surface area (TPSA) is 174 Å². The highest BCUT2D eigenvalue weighted by Gasteiger charge is 2.34. The van der Waals surface area contributed by atoms with E-state index in [2.05, 4.69) is 21.3 Å². The van der Waals surface area contributed by atoms with E-state index in [-0.39, 0.29) is 24.2 Å². The number of aliphatic hydroxyl groups excluding tert-OH is 1. The van der Waals surface area contributed by atoms with Gasteiger partial charge in [-0.05, 0) is 53.0 Å². The van der Waals surface area contributed by atoms with Crippen LogP contribution in [0.3, 0.4) is 0 Å². The molecule has 0 heterocycles. The van der Waals surface area contributed by atoms with Gasteiger partial charge in [0.2, 0.25) is 17.7 Å². The van der Waals surface area contributed by atoms with Crippen LogP contribution in [0.15, 0.2) is 84.9 Å². The van der Waals surface area contributed by atoms with Gasteiger partial charge < -0.3 is 31.5 Å². The van der Waals surface area contributed by atoms with Crippen molar-refractivity contribution >= 4 is 29.6 Å². The fraction of sp³-hybridized carbons (Fsp3) is 0.425. The molecule has 3 aromatic rings. The molecule has 2 unspecified atom stereocenters. The van der Waals surface area contributed by atoms with Crippen LogP contribution in [0.4, 0.5) is 0 Å². The van der Waals surface area contributed by atoms with Crippen molar-refractivity contribution in [3.05, 3.63) is 96.1 Å². The summed E-state index contributed by atoms with van der Waals surface area (Å²) >= 11 is 0. The summed E-state index contributed by atoms with van der Waals surface area (Å²) in [5.41, 5.74) is 2.99. The number of aliphatic hydroxyl groups is 1. The third-order valence-electron chi connectivity index (χ3n) is 9.00. The van der Waals surface area contributed by atoms with Crippen LogP contribution in [0.1, 0.15) is 70.3 Å². The maximum atomic E-state index is 13.8. The largest absolute Gasteiger partial charge is 0.480 e. The molecule has 0 aliphatic carbocycles. The van der Waals surface area contributed by atoms with E-state index < -0.39 is 66.3 Å². The summed E-state index contributed by atoms with van der Waals surface area (Å²) in [6.45, 7) is 10.6. The average molecular weight is 701 g/mol. The first-order valence-electron chi connectivity index (χ1n) is 17.5. The van der Waals surface area contributed by atoms with E-state index in [1.807, 2.05) is 73.7 Å². The second-order valence-corrected chi connectivity index (χ2v) is 13.7. The van der Waals surface area contributed by atoms with Crippen LogP contribution in [0.2, 0.25) is 0 Å². The van der Waals surface area contributed by atoms with E-state index in [0.29, 0.717) is 12.0 Å². The van der Waals surface area contributed by atoms with E-state index in [4.69, 9.17) is 0 Å². The van der Waals surface area contributed by atoms with E-state index in [1.54, 1.807) is 52.8 Å². The molecule has 0 spiro atoms. The zero-order valence-corrected chi connectivity index (χ0v) is 30.3. The Hall–Kier alpha value is -5.03. The summed E-state index contributed by atoms with van der Waals surface area (Å²) in [5, 5.41) is 31.9. The molecule has 3 aromatic carbocycles. The van der Waals surface area contributed by atoms with Gasteiger partial charge in [-0.15, -0.1) is 0 Å². The molecule has 3 rings (SSSR count). The normalized spacial score (nSPS) is 14.8. The minimum atomic E-state index is -1.37. The number of aliphatic carboxylic acids is 1. The molecule has 0 radical (unpaired) electrons. The highest BCUT2D eigenvalue weighted by Crippen LogP contribution is 2.20. The number of nitrogens with one attached hydrogen (secondary N) is 4. The lowest BCUT2D eigenvalue weighted by Gasteiger charge is -2.30. The maximum Gasteiger partial charge on any atom is 0.326 e. The molecule has 0 saturated heterocycles. The van der Waals surface area contributed by atoms with Crippen LogP contribution < -0.4 is 21.3 Å². The van der Waals surface area contributed by atoms with Gasteiger partial charge in [-0.25, -0.2) is 4.79 Å².